The van der Waals surface area contributed by atoms with Crippen molar-refractivity contribution in [3.05, 3.63) is 66.5 Å². The van der Waals surface area contributed by atoms with E-state index >= 15 is 0 Å². The number of benzene rings is 1. The lowest BCUT2D eigenvalue weighted by Crippen LogP contribution is -2.47. The van der Waals surface area contributed by atoms with Crippen LogP contribution in [0.5, 0.6) is 0 Å². The monoisotopic (exact) mass is 346 g/mol. The molecule has 0 saturated carbocycles. The van der Waals surface area contributed by atoms with Crippen molar-refractivity contribution in [3.8, 4) is 0 Å². The molecule has 26 heavy (non-hydrogen) atoms. The van der Waals surface area contributed by atoms with Crippen LogP contribution in [0.3, 0.4) is 0 Å². The number of aryl methyl sites for hydroxylation is 1. The molecule has 1 aliphatic rings. The second-order valence-electron chi connectivity index (χ2n) is 6.39. The molecule has 6 nitrogen and oxygen atoms in total. The fraction of sp³-hybridized carbons (Fsp3) is 0.250. The molecular formula is C20H22N6. The summed E-state index contributed by atoms with van der Waals surface area (Å²) in [6, 6.07) is 16.2. The van der Waals surface area contributed by atoms with Crippen molar-refractivity contribution in [2.75, 3.05) is 41.3 Å². The van der Waals surface area contributed by atoms with Crippen molar-refractivity contribution < 1.29 is 0 Å². The van der Waals surface area contributed by atoms with E-state index in [1.54, 1.807) is 0 Å². The van der Waals surface area contributed by atoms with E-state index in [1.807, 2.05) is 42.7 Å². The highest BCUT2D eigenvalue weighted by atomic mass is 15.3. The summed E-state index contributed by atoms with van der Waals surface area (Å²) in [5.74, 6) is 2.62. The molecule has 0 atom stereocenters. The van der Waals surface area contributed by atoms with Gasteiger partial charge in [-0.2, -0.15) is 4.98 Å². The maximum atomic E-state index is 4.68. The number of nitrogens with one attached hydrogen (secondary N) is 1. The minimum absolute atomic E-state index is 0.624. The Hall–Kier alpha value is -3.15. The molecule has 0 spiro atoms. The van der Waals surface area contributed by atoms with E-state index < -0.39 is 0 Å². The van der Waals surface area contributed by atoms with Gasteiger partial charge in [0.1, 0.15) is 11.6 Å². The van der Waals surface area contributed by atoms with E-state index in [1.165, 1.54) is 5.56 Å². The Labute approximate surface area is 153 Å². The Bertz CT molecular complexity index is 842. The first-order valence-electron chi connectivity index (χ1n) is 8.86. The number of rotatable bonds is 4. The zero-order chi connectivity index (χ0) is 17.8. The molecule has 4 rings (SSSR count). The number of aromatic nitrogens is 3. The van der Waals surface area contributed by atoms with E-state index in [0.717, 1.165) is 43.5 Å². The third kappa shape index (κ3) is 3.74. The predicted molar refractivity (Wildman–Crippen MR) is 105 cm³/mol. The standard InChI is InChI=1S/C20H22N6/c1-16-5-7-17(8-6-16)23-20-22-11-9-19(24-20)26-14-12-25(13-15-26)18-4-2-3-10-21-18/h2-11H,12-15H2,1H3,(H,22,23,24). The van der Waals surface area contributed by atoms with Gasteiger partial charge < -0.3 is 15.1 Å². The average Bonchev–Trinajstić information content (AvgIpc) is 2.71. The van der Waals surface area contributed by atoms with Crippen LogP contribution in [0.2, 0.25) is 0 Å². The van der Waals surface area contributed by atoms with Crippen molar-refractivity contribution in [2.45, 2.75) is 6.92 Å². The summed E-state index contributed by atoms with van der Waals surface area (Å²) >= 11 is 0. The minimum Gasteiger partial charge on any atom is -0.353 e. The number of hydrogen-bond acceptors (Lipinski definition) is 6. The molecule has 1 aromatic carbocycles. The number of hydrogen-bond donors (Lipinski definition) is 1. The van der Waals surface area contributed by atoms with Crippen molar-refractivity contribution >= 4 is 23.3 Å². The maximum Gasteiger partial charge on any atom is 0.229 e. The van der Waals surface area contributed by atoms with Crippen LogP contribution in [0.25, 0.3) is 0 Å². The van der Waals surface area contributed by atoms with Gasteiger partial charge in [0, 0.05) is 44.3 Å². The van der Waals surface area contributed by atoms with Crippen molar-refractivity contribution in [2.24, 2.45) is 0 Å². The summed E-state index contributed by atoms with van der Waals surface area (Å²) < 4.78 is 0. The Morgan fingerprint density at radius 3 is 2.19 bits per heavy atom. The van der Waals surface area contributed by atoms with Gasteiger partial charge in [0.05, 0.1) is 0 Å². The molecule has 0 amide bonds. The first-order valence-corrected chi connectivity index (χ1v) is 8.86. The SMILES string of the molecule is Cc1ccc(Nc2nccc(N3CCN(c4ccccn4)CC3)n2)cc1. The van der Waals surface area contributed by atoms with Crippen molar-refractivity contribution in [1.82, 2.24) is 15.0 Å². The Balaban J connectivity index is 1.42. The number of anilines is 4. The second kappa shape index (κ2) is 7.39. The van der Waals surface area contributed by atoms with Crippen molar-refractivity contribution in [3.63, 3.8) is 0 Å². The summed E-state index contributed by atoms with van der Waals surface area (Å²) in [5.41, 5.74) is 2.23. The van der Waals surface area contributed by atoms with Crippen LogP contribution < -0.4 is 15.1 Å². The van der Waals surface area contributed by atoms with Crippen LogP contribution in [0.15, 0.2) is 60.9 Å². The van der Waals surface area contributed by atoms with Gasteiger partial charge in [-0.1, -0.05) is 23.8 Å². The number of piperazine rings is 1. The van der Waals surface area contributed by atoms with Gasteiger partial charge >= 0.3 is 0 Å². The molecule has 0 bridgehead atoms. The van der Waals surface area contributed by atoms with Crippen LogP contribution in [-0.2, 0) is 0 Å². The highest BCUT2D eigenvalue weighted by Gasteiger charge is 2.19. The molecule has 0 unspecified atom stereocenters. The fourth-order valence-electron chi connectivity index (χ4n) is 3.06. The molecule has 1 saturated heterocycles. The van der Waals surface area contributed by atoms with Gasteiger partial charge in [0.25, 0.3) is 0 Å². The highest BCUT2D eigenvalue weighted by molar-refractivity contribution is 5.55. The minimum atomic E-state index is 0.624. The first-order chi connectivity index (χ1) is 12.8. The smallest absolute Gasteiger partial charge is 0.229 e. The Morgan fingerprint density at radius 1 is 0.769 bits per heavy atom. The molecule has 0 aliphatic carbocycles. The zero-order valence-corrected chi connectivity index (χ0v) is 14.8. The van der Waals surface area contributed by atoms with Gasteiger partial charge in [0.15, 0.2) is 0 Å². The average molecular weight is 346 g/mol. The highest BCUT2D eigenvalue weighted by Crippen LogP contribution is 2.19. The summed E-state index contributed by atoms with van der Waals surface area (Å²) in [6.07, 6.45) is 3.65. The van der Waals surface area contributed by atoms with Gasteiger partial charge in [-0.15, -0.1) is 0 Å². The third-order valence-corrected chi connectivity index (χ3v) is 4.53. The van der Waals surface area contributed by atoms with E-state index in [9.17, 15) is 0 Å². The molecule has 3 heterocycles. The van der Waals surface area contributed by atoms with E-state index in [2.05, 4.69) is 55.2 Å². The van der Waals surface area contributed by atoms with E-state index in [0.29, 0.717) is 5.95 Å². The lowest BCUT2D eigenvalue weighted by atomic mass is 10.2. The molecule has 132 valence electrons. The first kappa shape index (κ1) is 16.3. The van der Waals surface area contributed by atoms with E-state index in [4.69, 9.17) is 0 Å². The molecule has 6 heteroatoms. The van der Waals surface area contributed by atoms with Gasteiger partial charge in [-0.3, -0.25) is 0 Å². The van der Waals surface area contributed by atoms with Crippen LogP contribution in [0.1, 0.15) is 5.56 Å². The van der Waals surface area contributed by atoms with Crippen LogP contribution in [0, 0.1) is 6.92 Å². The zero-order valence-electron chi connectivity index (χ0n) is 14.8. The lowest BCUT2D eigenvalue weighted by Gasteiger charge is -2.36. The van der Waals surface area contributed by atoms with E-state index in [-0.39, 0.29) is 0 Å². The summed E-state index contributed by atoms with van der Waals surface area (Å²) in [5, 5.41) is 3.28. The Morgan fingerprint density at radius 2 is 1.50 bits per heavy atom. The molecule has 1 N–H and O–H groups in total. The lowest BCUT2D eigenvalue weighted by molar-refractivity contribution is 0.641. The maximum absolute atomic E-state index is 4.68. The quantitative estimate of drug-likeness (QED) is 0.783. The molecule has 3 aromatic rings. The summed E-state index contributed by atoms with van der Waals surface area (Å²) in [7, 11) is 0. The normalized spacial score (nSPS) is 14.3. The van der Waals surface area contributed by atoms with Crippen LogP contribution >= 0.6 is 0 Å². The Kier molecular flexibility index (Phi) is 4.64. The molecule has 1 aliphatic heterocycles. The molecule has 2 aromatic heterocycles. The topological polar surface area (TPSA) is 57.2 Å². The summed E-state index contributed by atoms with van der Waals surface area (Å²) in [4.78, 5) is 18.1. The van der Waals surface area contributed by atoms with Crippen LogP contribution in [-0.4, -0.2) is 41.1 Å². The molecular weight excluding hydrogens is 324 g/mol. The van der Waals surface area contributed by atoms with Gasteiger partial charge in [0.2, 0.25) is 5.95 Å². The van der Waals surface area contributed by atoms with Gasteiger partial charge in [-0.25, -0.2) is 9.97 Å². The second-order valence-corrected chi connectivity index (χ2v) is 6.39. The largest absolute Gasteiger partial charge is 0.353 e. The fourth-order valence-corrected chi connectivity index (χ4v) is 3.06. The molecule has 0 radical (unpaired) electrons. The van der Waals surface area contributed by atoms with Crippen LogP contribution in [0.4, 0.5) is 23.3 Å². The number of nitrogens with zero attached hydrogens (tertiary/aromatic N) is 5. The predicted octanol–water partition coefficient (Wildman–Crippen LogP) is 3.25. The summed E-state index contributed by atoms with van der Waals surface area (Å²) in [6.45, 7) is 5.77. The number of pyridine rings is 1. The molecule has 1 fully saturated rings. The third-order valence-electron chi connectivity index (χ3n) is 4.53. The van der Waals surface area contributed by atoms with Gasteiger partial charge in [-0.05, 0) is 37.3 Å². The van der Waals surface area contributed by atoms with Crippen molar-refractivity contribution in [1.29, 1.82) is 0 Å².